The average Bonchev–Trinajstić information content (AvgIpc) is 2.44. The summed E-state index contributed by atoms with van der Waals surface area (Å²) in [6, 6.07) is 2.07. The number of carbonyl (C=O) groups excluding carboxylic acids is 2. The Morgan fingerprint density at radius 3 is 2.32 bits per heavy atom. The van der Waals surface area contributed by atoms with E-state index >= 15 is 0 Å². The van der Waals surface area contributed by atoms with Gasteiger partial charge in [0.1, 0.15) is 12.0 Å². The van der Waals surface area contributed by atoms with E-state index in [0.717, 1.165) is 19.3 Å². The minimum atomic E-state index is -0.948. The highest BCUT2D eigenvalue weighted by Crippen LogP contribution is 2.37. The molecule has 0 heterocycles. The molecule has 106 valence electrons. The minimum absolute atomic E-state index is 0.0869. The summed E-state index contributed by atoms with van der Waals surface area (Å²) in [6.07, 6.45) is 4.03. The lowest BCUT2D eigenvalue weighted by Crippen LogP contribution is -2.49. The van der Waals surface area contributed by atoms with Gasteiger partial charge >= 0.3 is 5.97 Å². The van der Waals surface area contributed by atoms with Crippen LogP contribution in [0, 0.1) is 16.7 Å². The van der Waals surface area contributed by atoms with Crippen LogP contribution < -0.4 is 0 Å². The Bertz CT molecular complexity index is 379. The fourth-order valence-electron chi connectivity index (χ4n) is 2.50. The normalized spacial score (nSPS) is 17.6. The first-order chi connectivity index (χ1) is 8.96. The number of esters is 1. The molecule has 0 N–H and O–H groups in total. The van der Waals surface area contributed by atoms with Crippen molar-refractivity contribution < 1.29 is 14.3 Å². The highest BCUT2D eigenvalue weighted by Gasteiger charge is 2.43. The summed E-state index contributed by atoms with van der Waals surface area (Å²) in [5.41, 5.74) is -0.948. The number of nitrogens with zero attached hydrogens (tertiary/aromatic N) is 2. The molecule has 0 aromatic rings. The molecule has 5 heteroatoms. The molecule has 0 bridgehead atoms. The van der Waals surface area contributed by atoms with Crippen molar-refractivity contribution in [1.29, 1.82) is 5.26 Å². The molecule has 0 radical (unpaired) electrons. The van der Waals surface area contributed by atoms with Gasteiger partial charge in [-0.2, -0.15) is 5.26 Å². The Hall–Kier alpha value is -1.57. The number of ether oxygens (including phenoxy) is 1. The highest BCUT2D eigenvalue weighted by atomic mass is 16.5. The van der Waals surface area contributed by atoms with Crippen molar-refractivity contribution in [2.45, 2.75) is 52.0 Å². The second-order valence-electron chi connectivity index (χ2n) is 5.36. The summed E-state index contributed by atoms with van der Waals surface area (Å²) in [5.74, 6) is -0.680. The molecule has 0 atom stereocenters. The van der Waals surface area contributed by atoms with Gasteiger partial charge in [0.25, 0.3) is 0 Å². The third kappa shape index (κ3) is 3.46. The Morgan fingerprint density at radius 2 is 1.89 bits per heavy atom. The van der Waals surface area contributed by atoms with Crippen LogP contribution in [-0.4, -0.2) is 36.5 Å². The predicted octanol–water partition coefficient (Wildman–Crippen LogP) is 1.87. The topological polar surface area (TPSA) is 70.4 Å². The van der Waals surface area contributed by atoms with Gasteiger partial charge in [-0.1, -0.05) is 19.3 Å². The molecular weight excluding hydrogens is 244 g/mol. The molecule has 0 aromatic carbocycles. The third-order valence-electron chi connectivity index (χ3n) is 3.74. The van der Waals surface area contributed by atoms with E-state index < -0.39 is 11.4 Å². The molecule has 0 unspecified atom stereocenters. The van der Waals surface area contributed by atoms with Gasteiger partial charge in [0.05, 0.1) is 13.2 Å². The minimum Gasteiger partial charge on any atom is -0.468 e. The zero-order chi connectivity index (χ0) is 14.5. The van der Waals surface area contributed by atoms with Crippen molar-refractivity contribution in [3.05, 3.63) is 0 Å². The van der Waals surface area contributed by atoms with E-state index in [1.165, 1.54) is 12.0 Å². The molecule has 19 heavy (non-hydrogen) atoms. The second kappa shape index (κ2) is 6.55. The average molecular weight is 266 g/mol. The molecule has 1 rings (SSSR count). The van der Waals surface area contributed by atoms with Crippen molar-refractivity contribution in [3.63, 3.8) is 0 Å². The summed E-state index contributed by atoms with van der Waals surface area (Å²) in [7, 11) is 1.30. The third-order valence-corrected chi connectivity index (χ3v) is 3.74. The lowest BCUT2D eigenvalue weighted by molar-refractivity contribution is -0.152. The Labute approximate surface area is 114 Å². The molecule has 5 nitrogen and oxygen atoms in total. The Morgan fingerprint density at radius 1 is 1.32 bits per heavy atom. The van der Waals surface area contributed by atoms with Gasteiger partial charge in [0.15, 0.2) is 0 Å². The molecular formula is C14H22N2O3. The van der Waals surface area contributed by atoms with E-state index in [4.69, 9.17) is 0 Å². The van der Waals surface area contributed by atoms with E-state index in [1.807, 2.05) is 13.8 Å². The van der Waals surface area contributed by atoms with Crippen LogP contribution in [0.4, 0.5) is 0 Å². The molecule has 1 aliphatic carbocycles. The van der Waals surface area contributed by atoms with Gasteiger partial charge < -0.3 is 9.64 Å². The zero-order valence-corrected chi connectivity index (χ0v) is 11.9. The first-order valence-corrected chi connectivity index (χ1v) is 6.76. The molecule has 0 spiro atoms. The van der Waals surface area contributed by atoms with E-state index in [9.17, 15) is 14.9 Å². The van der Waals surface area contributed by atoms with E-state index in [0.29, 0.717) is 12.8 Å². The van der Waals surface area contributed by atoms with Crippen LogP contribution in [0.5, 0.6) is 0 Å². The van der Waals surface area contributed by atoms with Crippen molar-refractivity contribution in [2.75, 3.05) is 13.7 Å². The number of methoxy groups -OCH3 is 1. The number of rotatable bonds is 4. The maximum absolute atomic E-state index is 12.6. The van der Waals surface area contributed by atoms with E-state index in [2.05, 4.69) is 10.8 Å². The maximum Gasteiger partial charge on any atom is 0.325 e. The fraction of sp³-hybridized carbons (Fsp3) is 0.786. The maximum atomic E-state index is 12.6. The number of hydrogen-bond donors (Lipinski definition) is 0. The first kappa shape index (κ1) is 15.5. The smallest absolute Gasteiger partial charge is 0.325 e. The number of hydrogen-bond acceptors (Lipinski definition) is 4. The van der Waals surface area contributed by atoms with Crippen LogP contribution in [0.3, 0.4) is 0 Å². The van der Waals surface area contributed by atoms with E-state index in [1.54, 1.807) is 0 Å². The number of nitriles is 1. The largest absolute Gasteiger partial charge is 0.468 e. The number of amides is 1. The van der Waals surface area contributed by atoms with Crippen LogP contribution in [-0.2, 0) is 14.3 Å². The van der Waals surface area contributed by atoms with Gasteiger partial charge in [0.2, 0.25) is 5.91 Å². The summed E-state index contributed by atoms with van der Waals surface area (Å²) >= 11 is 0. The zero-order valence-electron chi connectivity index (χ0n) is 11.9. The molecule has 0 aromatic heterocycles. The Kier molecular flexibility index (Phi) is 5.34. The molecule has 1 aliphatic rings. The highest BCUT2D eigenvalue weighted by molar-refractivity contribution is 5.88. The van der Waals surface area contributed by atoms with Gasteiger partial charge in [-0.15, -0.1) is 0 Å². The SMILES string of the molecule is COC(=O)CN(C(=O)C1(C#N)CCCCC1)C(C)C. The second-order valence-corrected chi connectivity index (χ2v) is 5.36. The van der Waals surface area contributed by atoms with E-state index in [-0.39, 0.29) is 18.5 Å². The number of carbonyl (C=O) groups is 2. The molecule has 1 fully saturated rings. The van der Waals surface area contributed by atoms with Crippen LogP contribution in [0.25, 0.3) is 0 Å². The standard InChI is InChI=1S/C14H22N2O3/c1-11(2)16(9-12(17)19-3)13(18)14(10-15)7-5-4-6-8-14/h11H,4-9H2,1-3H3. The molecule has 0 aliphatic heterocycles. The summed E-state index contributed by atoms with van der Waals surface area (Å²) in [6.45, 7) is 3.60. The van der Waals surface area contributed by atoms with Gasteiger partial charge in [-0.05, 0) is 26.7 Å². The molecule has 1 saturated carbocycles. The van der Waals surface area contributed by atoms with Crippen LogP contribution in [0.2, 0.25) is 0 Å². The monoisotopic (exact) mass is 266 g/mol. The lowest BCUT2D eigenvalue weighted by atomic mass is 9.74. The Balaban J connectivity index is 2.91. The van der Waals surface area contributed by atoms with Crippen LogP contribution in [0.15, 0.2) is 0 Å². The molecule has 1 amide bonds. The van der Waals surface area contributed by atoms with Crippen molar-refractivity contribution >= 4 is 11.9 Å². The predicted molar refractivity (Wildman–Crippen MR) is 70.0 cm³/mol. The quantitative estimate of drug-likeness (QED) is 0.728. The van der Waals surface area contributed by atoms with Gasteiger partial charge in [-0.25, -0.2) is 0 Å². The van der Waals surface area contributed by atoms with Crippen LogP contribution in [0.1, 0.15) is 46.0 Å². The van der Waals surface area contributed by atoms with Crippen molar-refractivity contribution in [2.24, 2.45) is 5.41 Å². The van der Waals surface area contributed by atoms with Gasteiger partial charge in [-0.3, -0.25) is 9.59 Å². The van der Waals surface area contributed by atoms with Crippen molar-refractivity contribution in [1.82, 2.24) is 4.90 Å². The fourth-order valence-corrected chi connectivity index (χ4v) is 2.50. The van der Waals surface area contributed by atoms with Crippen LogP contribution >= 0.6 is 0 Å². The summed E-state index contributed by atoms with van der Waals surface area (Å²) < 4.78 is 4.62. The van der Waals surface area contributed by atoms with Gasteiger partial charge in [0, 0.05) is 6.04 Å². The first-order valence-electron chi connectivity index (χ1n) is 6.76. The summed E-state index contributed by atoms with van der Waals surface area (Å²) in [4.78, 5) is 25.5. The van der Waals surface area contributed by atoms with Crippen molar-refractivity contribution in [3.8, 4) is 6.07 Å². The molecule has 0 saturated heterocycles. The lowest BCUT2D eigenvalue weighted by Gasteiger charge is -2.36. The summed E-state index contributed by atoms with van der Waals surface area (Å²) in [5, 5.41) is 9.42.